The first-order chi connectivity index (χ1) is 17.2. The highest BCUT2D eigenvalue weighted by atomic mass is 16.5. The van der Waals surface area contributed by atoms with E-state index < -0.39 is 0 Å². The smallest absolute Gasteiger partial charge is 0.133 e. The molecule has 0 radical (unpaired) electrons. The first-order valence-electron chi connectivity index (χ1n) is 15.1. The van der Waals surface area contributed by atoms with Gasteiger partial charge in [-0.3, -0.25) is 9.69 Å². The van der Waals surface area contributed by atoms with E-state index in [0.29, 0.717) is 23.0 Å². The molecule has 0 amide bonds. The number of hydrogen-bond donors (Lipinski definition) is 1. The average Bonchev–Trinajstić information content (AvgIpc) is 3.22. The van der Waals surface area contributed by atoms with Gasteiger partial charge in [-0.1, -0.05) is 19.4 Å². The molecule has 0 spiro atoms. The van der Waals surface area contributed by atoms with Crippen molar-refractivity contribution < 1.29 is 9.53 Å². The Labute approximate surface area is 220 Å². The largest absolute Gasteiger partial charge is 0.371 e. The Morgan fingerprint density at radius 1 is 1.17 bits per heavy atom. The molecule has 4 fully saturated rings. The summed E-state index contributed by atoms with van der Waals surface area (Å²) in [5.41, 5.74) is 3.56. The summed E-state index contributed by atoms with van der Waals surface area (Å²) in [6.45, 7) is 11.4. The van der Waals surface area contributed by atoms with Gasteiger partial charge >= 0.3 is 0 Å². The molecule has 0 aromatic carbocycles. The van der Waals surface area contributed by atoms with Gasteiger partial charge in [0.05, 0.1) is 18.4 Å². The van der Waals surface area contributed by atoms with Gasteiger partial charge in [-0.05, 0) is 120 Å². The minimum absolute atomic E-state index is 0.0638. The number of fused-ring (bicyclic) bond motifs is 6. The molecule has 204 valence electrons. The SMILES string of the molecule is CNC12CCCC3C(=C(C)COC1CC(C)CN2CCN(C)C)CC1C3CCC2CC(=O)CCC21C. The second kappa shape index (κ2) is 10.4. The van der Waals surface area contributed by atoms with Gasteiger partial charge in [0.1, 0.15) is 5.78 Å². The van der Waals surface area contributed by atoms with Gasteiger partial charge in [0.25, 0.3) is 0 Å². The van der Waals surface area contributed by atoms with E-state index in [4.69, 9.17) is 4.74 Å². The number of carbonyl (C=O) groups excluding carboxylic acids is 1. The minimum Gasteiger partial charge on any atom is -0.371 e. The summed E-state index contributed by atoms with van der Waals surface area (Å²) in [7, 11) is 6.54. The Morgan fingerprint density at radius 3 is 2.72 bits per heavy atom. The van der Waals surface area contributed by atoms with Crippen molar-refractivity contribution in [2.75, 3.05) is 47.4 Å². The maximum absolute atomic E-state index is 12.3. The van der Waals surface area contributed by atoms with Crippen molar-refractivity contribution in [2.24, 2.45) is 35.0 Å². The molecule has 36 heavy (non-hydrogen) atoms. The van der Waals surface area contributed by atoms with E-state index in [0.717, 1.165) is 69.7 Å². The van der Waals surface area contributed by atoms with Gasteiger partial charge in [-0.2, -0.15) is 0 Å². The van der Waals surface area contributed by atoms with Crippen LogP contribution in [0, 0.1) is 35.0 Å². The van der Waals surface area contributed by atoms with Crippen LogP contribution in [0.4, 0.5) is 0 Å². The van der Waals surface area contributed by atoms with Gasteiger partial charge in [-0.15, -0.1) is 0 Å². The van der Waals surface area contributed by atoms with Crippen molar-refractivity contribution in [3.05, 3.63) is 11.1 Å². The van der Waals surface area contributed by atoms with Gasteiger partial charge in [0, 0.05) is 32.5 Å². The first kappa shape index (κ1) is 26.8. The molecular formula is C31H53N3O2. The number of Topliss-reactive ketones (excluding diaryl/α,β-unsaturated/α-hetero) is 1. The molecule has 3 aliphatic carbocycles. The van der Waals surface area contributed by atoms with Gasteiger partial charge in [0.15, 0.2) is 0 Å². The Hall–Kier alpha value is -0.750. The van der Waals surface area contributed by atoms with Crippen molar-refractivity contribution in [3.63, 3.8) is 0 Å². The zero-order chi connectivity index (χ0) is 25.7. The summed E-state index contributed by atoms with van der Waals surface area (Å²) in [6.07, 6.45) is 11.8. The molecule has 5 rings (SSSR count). The highest BCUT2D eigenvalue weighted by Crippen LogP contribution is 2.63. The van der Waals surface area contributed by atoms with E-state index in [1.807, 2.05) is 0 Å². The third kappa shape index (κ3) is 4.65. The van der Waals surface area contributed by atoms with Crippen molar-refractivity contribution in [1.82, 2.24) is 15.1 Å². The number of nitrogens with one attached hydrogen (secondary N) is 1. The zero-order valence-electron chi connectivity index (χ0n) is 24.1. The third-order valence-corrected chi connectivity index (χ3v) is 11.6. The molecule has 2 aliphatic heterocycles. The van der Waals surface area contributed by atoms with Crippen LogP contribution >= 0.6 is 0 Å². The Bertz CT molecular complexity index is 855. The second-order valence-electron chi connectivity index (χ2n) is 13.9. The molecule has 5 nitrogen and oxygen atoms in total. The van der Waals surface area contributed by atoms with Crippen LogP contribution in [0.2, 0.25) is 0 Å². The molecule has 8 unspecified atom stereocenters. The summed E-state index contributed by atoms with van der Waals surface area (Å²) < 4.78 is 6.92. The lowest BCUT2D eigenvalue weighted by Gasteiger charge is -2.54. The Morgan fingerprint density at radius 2 is 1.97 bits per heavy atom. The molecule has 3 saturated carbocycles. The van der Waals surface area contributed by atoms with Crippen LogP contribution in [0.5, 0.6) is 0 Å². The maximum atomic E-state index is 12.3. The van der Waals surface area contributed by atoms with Crippen molar-refractivity contribution in [2.45, 2.75) is 96.7 Å². The fourth-order valence-corrected chi connectivity index (χ4v) is 9.49. The number of ether oxygens (including phenoxy) is 1. The van der Waals surface area contributed by atoms with Crippen LogP contribution < -0.4 is 5.32 Å². The van der Waals surface area contributed by atoms with Crippen molar-refractivity contribution in [3.8, 4) is 0 Å². The summed E-state index contributed by atoms with van der Waals surface area (Å²) in [4.78, 5) is 17.3. The van der Waals surface area contributed by atoms with Gasteiger partial charge < -0.3 is 15.0 Å². The number of carbonyl (C=O) groups is 1. The lowest BCUT2D eigenvalue weighted by Crippen LogP contribution is -2.70. The highest BCUT2D eigenvalue weighted by molar-refractivity contribution is 5.79. The third-order valence-electron chi connectivity index (χ3n) is 11.6. The Kier molecular flexibility index (Phi) is 7.78. The average molecular weight is 500 g/mol. The van der Waals surface area contributed by atoms with E-state index in [9.17, 15) is 4.79 Å². The molecule has 0 aromatic heterocycles. The van der Waals surface area contributed by atoms with Crippen LogP contribution in [-0.2, 0) is 9.53 Å². The van der Waals surface area contributed by atoms with E-state index in [-0.39, 0.29) is 11.8 Å². The quantitative estimate of drug-likeness (QED) is 0.545. The molecule has 5 aliphatic rings. The molecule has 5 heteroatoms. The predicted molar refractivity (Wildman–Crippen MR) is 147 cm³/mol. The molecule has 8 atom stereocenters. The van der Waals surface area contributed by atoms with E-state index in [1.54, 1.807) is 5.57 Å². The number of hydrogen-bond acceptors (Lipinski definition) is 5. The van der Waals surface area contributed by atoms with Crippen molar-refractivity contribution in [1.29, 1.82) is 0 Å². The minimum atomic E-state index is -0.0638. The van der Waals surface area contributed by atoms with Crippen LogP contribution in [-0.4, -0.2) is 74.7 Å². The van der Waals surface area contributed by atoms with Crippen LogP contribution in [0.1, 0.15) is 85.0 Å². The van der Waals surface area contributed by atoms with E-state index in [2.05, 4.69) is 57.0 Å². The highest BCUT2D eigenvalue weighted by Gasteiger charge is 2.56. The lowest BCUT2D eigenvalue weighted by molar-refractivity contribution is -0.131. The predicted octanol–water partition coefficient (Wildman–Crippen LogP) is 5.11. The number of ketones is 1. The van der Waals surface area contributed by atoms with Crippen LogP contribution in [0.15, 0.2) is 11.1 Å². The van der Waals surface area contributed by atoms with E-state index >= 15 is 0 Å². The number of allylic oxidation sites excluding steroid dienone is 1. The van der Waals surface area contributed by atoms with Crippen LogP contribution in [0.25, 0.3) is 0 Å². The standard InChI is InChI=1S/C31H53N3O2/c1-21-16-29-31(32-4,34(19-21)15-14-33(5)6)12-7-8-25-26-10-9-23-17-24(35)11-13-30(23,3)28(26)18-27(25)22(2)20-36-29/h21,23,25-26,28-29,32H,7-20H2,1-6H3. The summed E-state index contributed by atoms with van der Waals surface area (Å²) in [6, 6.07) is 0. The number of nitrogens with zero attached hydrogens (tertiary/aromatic N) is 2. The number of rotatable bonds is 4. The number of likely N-dealkylation sites (N-methyl/N-ethyl adjacent to an activating group) is 2. The fraction of sp³-hybridized carbons (Fsp3) is 0.903. The van der Waals surface area contributed by atoms with Crippen LogP contribution in [0.3, 0.4) is 0 Å². The summed E-state index contributed by atoms with van der Waals surface area (Å²) >= 11 is 0. The number of piperidine rings is 1. The van der Waals surface area contributed by atoms with Crippen molar-refractivity contribution >= 4 is 5.78 Å². The summed E-state index contributed by atoms with van der Waals surface area (Å²) in [5.74, 6) is 4.08. The Balaban J connectivity index is 1.41. The second-order valence-corrected chi connectivity index (χ2v) is 13.9. The van der Waals surface area contributed by atoms with Gasteiger partial charge in [-0.25, -0.2) is 0 Å². The summed E-state index contributed by atoms with van der Waals surface area (Å²) in [5, 5.41) is 3.84. The number of likely N-dealkylation sites (tertiary alicyclic amines) is 1. The topological polar surface area (TPSA) is 44.8 Å². The molecule has 0 aromatic rings. The van der Waals surface area contributed by atoms with Gasteiger partial charge in [0.2, 0.25) is 0 Å². The molecule has 2 heterocycles. The molecular weight excluding hydrogens is 446 g/mol. The maximum Gasteiger partial charge on any atom is 0.133 e. The monoisotopic (exact) mass is 499 g/mol. The van der Waals surface area contributed by atoms with E-state index in [1.165, 1.54) is 44.1 Å². The first-order valence-corrected chi connectivity index (χ1v) is 15.1. The fourth-order valence-electron chi connectivity index (χ4n) is 9.49. The normalized spacial score (nSPS) is 44.1. The molecule has 1 N–H and O–H groups in total. The molecule has 1 saturated heterocycles. The molecule has 0 bridgehead atoms. The zero-order valence-corrected chi connectivity index (χ0v) is 24.1. The lowest BCUT2D eigenvalue weighted by atomic mass is 9.52.